The number of carbonyl (C=O) groups excluding carboxylic acids is 1. The maximum atomic E-state index is 12.2. The lowest BCUT2D eigenvalue weighted by molar-refractivity contribution is 0.0971. The summed E-state index contributed by atoms with van der Waals surface area (Å²) in [5, 5.41) is 9.50. The molecule has 22 heavy (non-hydrogen) atoms. The third-order valence-corrected chi connectivity index (χ3v) is 4.02. The zero-order valence-corrected chi connectivity index (χ0v) is 14.3. The van der Waals surface area contributed by atoms with Crippen molar-refractivity contribution >= 4 is 34.1 Å². The average molecular weight is 375 g/mol. The van der Waals surface area contributed by atoms with Crippen molar-refractivity contribution in [2.75, 3.05) is 0 Å². The summed E-state index contributed by atoms with van der Waals surface area (Å²) in [5.74, 6) is 0.0199. The van der Waals surface area contributed by atoms with Gasteiger partial charge in [0.1, 0.15) is 0 Å². The smallest absolute Gasteiger partial charge is 0.182 e. The number of carbonyl (C=O) groups is 1. The van der Waals surface area contributed by atoms with Crippen LogP contribution in [-0.2, 0) is 6.54 Å². The highest BCUT2D eigenvalue weighted by Gasteiger charge is 2.07. The number of ketones is 1. The first-order chi connectivity index (χ1) is 10.2. The predicted octanol–water partition coefficient (Wildman–Crippen LogP) is 4.16. The Hall–Kier alpha value is -1.98. The Morgan fingerprint density at radius 2 is 1.64 bits per heavy atom. The standard InChI is InChI=1S/C17H14N2OS.BrH/c18-17-19(10-11-21-17)12-16(20)15-8-6-14(7-9-15)13-4-2-1-3-5-13;/h1-11,18H,12H2;1H. The third-order valence-electron chi connectivity index (χ3n) is 3.31. The van der Waals surface area contributed by atoms with Crippen LogP contribution in [0.5, 0.6) is 0 Å². The molecule has 0 radical (unpaired) electrons. The van der Waals surface area contributed by atoms with Gasteiger partial charge in [-0.1, -0.05) is 54.6 Å². The topological polar surface area (TPSA) is 45.9 Å². The van der Waals surface area contributed by atoms with Crippen molar-refractivity contribution in [2.24, 2.45) is 0 Å². The third kappa shape index (κ3) is 3.61. The Balaban J connectivity index is 0.00000176. The number of hydrogen-bond acceptors (Lipinski definition) is 3. The largest absolute Gasteiger partial charge is 0.316 e. The van der Waals surface area contributed by atoms with E-state index in [2.05, 4.69) is 0 Å². The second kappa shape index (κ2) is 7.33. The van der Waals surface area contributed by atoms with Crippen LogP contribution in [0.4, 0.5) is 0 Å². The van der Waals surface area contributed by atoms with Gasteiger partial charge in [0.25, 0.3) is 0 Å². The van der Waals surface area contributed by atoms with Crippen molar-refractivity contribution in [3.05, 3.63) is 76.5 Å². The molecule has 2 aromatic carbocycles. The summed E-state index contributed by atoms with van der Waals surface area (Å²) in [6.07, 6.45) is 1.77. The number of halogens is 1. The van der Waals surface area contributed by atoms with Crippen LogP contribution < -0.4 is 4.80 Å². The van der Waals surface area contributed by atoms with Crippen molar-refractivity contribution in [1.29, 1.82) is 5.41 Å². The van der Waals surface area contributed by atoms with Gasteiger partial charge in [-0.3, -0.25) is 10.2 Å². The number of nitrogens with zero attached hydrogens (tertiary/aromatic N) is 1. The van der Waals surface area contributed by atoms with Gasteiger partial charge in [0.2, 0.25) is 0 Å². The first-order valence-corrected chi connectivity index (χ1v) is 7.49. The van der Waals surface area contributed by atoms with Gasteiger partial charge in [-0.15, -0.1) is 28.3 Å². The van der Waals surface area contributed by atoms with Gasteiger partial charge in [-0.05, 0) is 11.1 Å². The summed E-state index contributed by atoms with van der Waals surface area (Å²) in [6, 6.07) is 17.7. The highest BCUT2D eigenvalue weighted by molar-refractivity contribution is 8.93. The minimum absolute atomic E-state index is 0. The lowest BCUT2D eigenvalue weighted by atomic mass is 10.0. The fraction of sp³-hybridized carbons (Fsp3) is 0.0588. The first-order valence-electron chi connectivity index (χ1n) is 6.61. The van der Waals surface area contributed by atoms with Crippen LogP contribution >= 0.6 is 28.3 Å². The molecular formula is C17H15BrN2OS. The summed E-state index contributed by atoms with van der Waals surface area (Å²) in [7, 11) is 0. The van der Waals surface area contributed by atoms with E-state index < -0.39 is 0 Å². The van der Waals surface area contributed by atoms with Gasteiger partial charge in [0.15, 0.2) is 10.6 Å². The number of nitrogens with one attached hydrogen (secondary N) is 1. The number of hydrogen-bond donors (Lipinski definition) is 1. The molecule has 3 aromatic rings. The monoisotopic (exact) mass is 374 g/mol. The maximum absolute atomic E-state index is 12.2. The molecule has 1 N–H and O–H groups in total. The van der Waals surface area contributed by atoms with E-state index in [0.717, 1.165) is 11.1 Å². The molecule has 0 bridgehead atoms. The molecule has 0 aliphatic carbocycles. The van der Waals surface area contributed by atoms with Gasteiger partial charge in [0.05, 0.1) is 6.54 Å². The molecule has 3 nitrogen and oxygen atoms in total. The van der Waals surface area contributed by atoms with Crippen LogP contribution in [0.25, 0.3) is 11.1 Å². The summed E-state index contributed by atoms with van der Waals surface area (Å²) in [4.78, 5) is 12.6. The molecule has 0 fully saturated rings. The first kappa shape index (κ1) is 16.4. The molecule has 0 aliphatic heterocycles. The highest BCUT2D eigenvalue weighted by atomic mass is 79.9. The highest BCUT2D eigenvalue weighted by Crippen LogP contribution is 2.19. The Labute approximate surface area is 143 Å². The van der Waals surface area contributed by atoms with E-state index >= 15 is 0 Å². The van der Waals surface area contributed by atoms with E-state index in [9.17, 15) is 4.79 Å². The quantitative estimate of drug-likeness (QED) is 0.684. The van der Waals surface area contributed by atoms with Gasteiger partial charge < -0.3 is 4.57 Å². The van der Waals surface area contributed by atoms with Crippen LogP contribution in [0.3, 0.4) is 0 Å². The van der Waals surface area contributed by atoms with Crippen molar-refractivity contribution < 1.29 is 4.79 Å². The van der Waals surface area contributed by atoms with Crippen LogP contribution in [-0.4, -0.2) is 10.4 Å². The molecule has 0 spiro atoms. The number of thiazole rings is 1. The predicted molar refractivity (Wildman–Crippen MR) is 94.7 cm³/mol. The van der Waals surface area contributed by atoms with E-state index in [1.165, 1.54) is 11.3 Å². The lowest BCUT2D eigenvalue weighted by Gasteiger charge is -2.05. The number of benzene rings is 2. The Bertz CT molecular complexity index is 806. The number of rotatable bonds is 4. The summed E-state index contributed by atoms with van der Waals surface area (Å²) >= 11 is 1.32. The second-order valence-electron chi connectivity index (χ2n) is 4.70. The molecule has 0 aliphatic rings. The second-order valence-corrected chi connectivity index (χ2v) is 5.60. The van der Waals surface area contributed by atoms with E-state index in [-0.39, 0.29) is 29.3 Å². The normalized spacial score (nSPS) is 10.0. The Morgan fingerprint density at radius 1 is 1.00 bits per heavy atom. The fourth-order valence-electron chi connectivity index (χ4n) is 2.15. The number of aromatic nitrogens is 1. The zero-order valence-electron chi connectivity index (χ0n) is 11.7. The van der Waals surface area contributed by atoms with E-state index in [1.807, 2.05) is 60.0 Å². The van der Waals surface area contributed by atoms with E-state index in [0.29, 0.717) is 10.4 Å². The summed E-state index contributed by atoms with van der Waals surface area (Å²) in [5.41, 5.74) is 2.90. The molecule has 0 amide bonds. The van der Waals surface area contributed by atoms with E-state index in [1.54, 1.807) is 10.8 Å². The fourth-order valence-corrected chi connectivity index (χ4v) is 2.75. The molecular weight excluding hydrogens is 360 g/mol. The Morgan fingerprint density at radius 3 is 2.23 bits per heavy atom. The molecule has 0 saturated carbocycles. The van der Waals surface area contributed by atoms with Gasteiger partial charge in [-0.2, -0.15) is 0 Å². The van der Waals surface area contributed by atoms with Gasteiger partial charge in [0, 0.05) is 17.1 Å². The summed E-state index contributed by atoms with van der Waals surface area (Å²) < 4.78 is 1.65. The molecule has 5 heteroatoms. The molecule has 1 aromatic heterocycles. The van der Waals surface area contributed by atoms with E-state index in [4.69, 9.17) is 5.41 Å². The summed E-state index contributed by atoms with van der Waals surface area (Å²) in [6.45, 7) is 0.215. The SMILES string of the molecule is Br.N=c1sccn1CC(=O)c1ccc(-c2ccccc2)cc1. The molecule has 0 saturated heterocycles. The zero-order chi connectivity index (χ0) is 14.7. The van der Waals surface area contributed by atoms with Crippen LogP contribution in [0.1, 0.15) is 10.4 Å². The van der Waals surface area contributed by atoms with Gasteiger partial charge >= 0.3 is 0 Å². The molecule has 0 unspecified atom stereocenters. The van der Waals surface area contributed by atoms with Gasteiger partial charge in [-0.25, -0.2) is 0 Å². The Kier molecular flexibility index (Phi) is 5.46. The molecule has 0 atom stereocenters. The van der Waals surface area contributed by atoms with Crippen LogP contribution in [0.2, 0.25) is 0 Å². The van der Waals surface area contributed by atoms with Crippen LogP contribution in [0, 0.1) is 5.41 Å². The molecule has 1 heterocycles. The maximum Gasteiger partial charge on any atom is 0.182 e. The lowest BCUT2D eigenvalue weighted by Crippen LogP contribution is -2.18. The van der Waals surface area contributed by atoms with Crippen molar-refractivity contribution in [3.8, 4) is 11.1 Å². The average Bonchev–Trinajstić information content (AvgIpc) is 2.93. The number of Topliss-reactive ketones (excluding diaryl/α,β-unsaturated/α-hetero) is 1. The van der Waals surface area contributed by atoms with Crippen molar-refractivity contribution in [1.82, 2.24) is 4.57 Å². The van der Waals surface area contributed by atoms with Crippen molar-refractivity contribution in [2.45, 2.75) is 6.54 Å². The van der Waals surface area contributed by atoms with Crippen LogP contribution in [0.15, 0.2) is 66.2 Å². The minimum Gasteiger partial charge on any atom is -0.316 e. The molecule has 3 rings (SSSR count). The molecule has 112 valence electrons. The van der Waals surface area contributed by atoms with Crippen molar-refractivity contribution in [3.63, 3.8) is 0 Å². The minimum atomic E-state index is 0.